The number of benzene rings is 12. The fourth-order valence-corrected chi connectivity index (χ4v) is 13.4. The largest absolute Gasteiger partial charge is 0.0731 e. The summed E-state index contributed by atoms with van der Waals surface area (Å²) in [6, 6.07) is 83.3. The Bertz CT molecular complexity index is 4040. The Morgan fingerprint density at radius 2 is 0.621 bits per heavy atom. The van der Waals surface area contributed by atoms with E-state index in [1.54, 1.807) is 0 Å². The van der Waals surface area contributed by atoms with E-state index in [0.29, 0.717) is 0 Å². The minimum Gasteiger partial charge on any atom is -0.0619 e. The van der Waals surface area contributed by atoms with E-state index >= 15 is 0 Å². The van der Waals surface area contributed by atoms with Crippen molar-refractivity contribution in [1.82, 2.24) is 0 Å². The third kappa shape index (κ3) is 4.35. The molecule has 12 aromatic rings. The van der Waals surface area contributed by atoms with Crippen LogP contribution in [0.3, 0.4) is 0 Å². The average molecular weight is 835 g/mol. The van der Waals surface area contributed by atoms with Crippen LogP contribution in [0, 0.1) is 0 Å². The van der Waals surface area contributed by atoms with Crippen molar-refractivity contribution in [1.29, 1.82) is 0 Å². The molecule has 0 aliphatic heterocycles. The van der Waals surface area contributed by atoms with Crippen molar-refractivity contribution in [3.8, 4) is 55.6 Å². The molecule has 3 aliphatic carbocycles. The molecule has 0 atom stereocenters. The molecule has 0 saturated heterocycles. The van der Waals surface area contributed by atoms with Crippen molar-refractivity contribution in [2.24, 2.45) is 0 Å². The number of rotatable bonds is 2. The summed E-state index contributed by atoms with van der Waals surface area (Å²) < 4.78 is 0. The lowest BCUT2D eigenvalue weighted by Crippen LogP contribution is -2.26. The second-order valence-electron chi connectivity index (χ2n) is 19.3. The van der Waals surface area contributed by atoms with Crippen LogP contribution in [-0.2, 0) is 10.8 Å². The van der Waals surface area contributed by atoms with Gasteiger partial charge in [-0.3, -0.25) is 0 Å². The van der Waals surface area contributed by atoms with Crippen molar-refractivity contribution in [3.05, 3.63) is 252 Å². The number of hydrogen-bond acceptors (Lipinski definition) is 0. The molecule has 0 heteroatoms. The maximum atomic E-state index is 2.63. The molecule has 0 unspecified atom stereocenters. The van der Waals surface area contributed by atoms with Crippen molar-refractivity contribution in [2.45, 2.75) is 24.7 Å². The van der Waals surface area contributed by atoms with Crippen molar-refractivity contribution >= 4 is 53.9 Å². The highest BCUT2D eigenvalue weighted by Crippen LogP contribution is 2.66. The summed E-state index contributed by atoms with van der Waals surface area (Å²) in [5.74, 6) is 0. The van der Waals surface area contributed by atoms with Gasteiger partial charge in [0.15, 0.2) is 0 Å². The van der Waals surface area contributed by atoms with Gasteiger partial charge >= 0.3 is 0 Å². The number of hydrogen-bond donors (Lipinski definition) is 0. The molecule has 0 amide bonds. The molecule has 1 spiro atoms. The average Bonchev–Trinajstić information content (AvgIpc) is 3.93. The van der Waals surface area contributed by atoms with Gasteiger partial charge in [-0.15, -0.1) is 0 Å². The Labute approximate surface area is 384 Å². The molecular weight excluding hydrogens is 793 g/mol. The predicted octanol–water partition coefficient (Wildman–Crippen LogP) is 17.4. The molecule has 12 aromatic carbocycles. The van der Waals surface area contributed by atoms with E-state index in [4.69, 9.17) is 0 Å². The second kappa shape index (κ2) is 12.8. The Morgan fingerprint density at radius 3 is 1.15 bits per heavy atom. The predicted molar refractivity (Wildman–Crippen MR) is 279 cm³/mol. The van der Waals surface area contributed by atoms with Crippen LogP contribution in [0.15, 0.2) is 218 Å². The fourth-order valence-electron chi connectivity index (χ4n) is 13.4. The minimum absolute atomic E-state index is 0.143. The Balaban J connectivity index is 1.10. The molecule has 15 rings (SSSR count). The Kier molecular flexibility index (Phi) is 7.04. The van der Waals surface area contributed by atoms with Gasteiger partial charge in [0.1, 0.15) is 0 Å². The Morgan fingerprint density at radius 1 is 0.242 bits per heavy atom. The standard InChI is InChI=1S/C66H42/c1-65(2)55-32-16-15-31-51(55)62-45-25-7-5-21-41(45)53(37-58(62)65)60-47-27-9-11-29-49(47)61(50-30-12-10-28-48(50)60)54-38-59-63(46-26-8-6-22-42(46)54)52-36-35-39-19-3-4-20-40(39)64(52)66(59)56-33-17-13-23-43(56)44-24-14-18-34-57(44)66/h3-38H,1-2H3. The quantitative estimate of drug-likeness (QED) is 0.152. The van der Waals surface area contributed by atoms with Gasteiger partial charge in [-0.05, 0) is 155 Å². The molecule has 0 bridgehead atoms. The summed E-state index contributed by atoms with van der Waals surface area (Å²) in [5, 5.41) is 12.9. The van der Waals surface area contributed by atoms with Gasteiger partial charge in [0.2, 0.25) is 0 Å². The van der Waals surface area contributed by atoms with E-state index in [0.717, 1.165) is 0 Å². The molecule has 3 aliphatic rings. The molecule has 0 N–H and O–H groups in total. The first-order chi connectivity index (χ1) is 32.5. The SMILES string of the molecule is CC1(C)c2ccccc2-c2c1cc(-c1c3ccccc3c(-c3cc4c(c5ccccc35)-c3ccc5ccccc5c3C43c4ccccc4-c4ccccc43)c3ccccc13)c1ccccc21. The molecule has 306 valence electrons. The first-order valence-electron chi connectivity index (χ1n) is 23.4. The van der Waals surface area contributed by atoms with E-state index in [1.165, 1.54) is 143 Å². The first kappa shape index (κ1) is 36.3. The van der Waals surface area contributed by atoms with Crippen LogP contribution in [-0.4, -0.2) is 0 Å². The van der Waals surface area contributed by atoms with Gasteiger partial charge in [-0.25, -0.2) is 0 Å². The smallest absolute Gasteiger partial charge is 0.0619 e. The van der Waals surface area contributed by atoms with E-state index in [9.17, 15) is 0 Å². The molecule has 0 nitrogen and oxygen atoms in total. The molecule has 0 aromatic heterocycles. The summed E-state index contributed by atoms with van der Waals surface area (Å²) >= 11 is 0. The van der Waals surface area contributed by atoms with Crippen LogP contribution in [0.4, 0.5) is 0 Å². The lowest BCUT2D eigenvalue weighted by atomic mass is 9.68. The lowest BCUT2D eigenvalue weighted by molar-refractivity contribution is 0.661. The first-order valence-corrected chi connectivity index (χ1v) is 23.4. The molecule has 66 heavy (non-hydrogen) atoms. The van der Waals surface area contributed by atoms with Crippen LogP contribution in [0.2, 0.25) is 0 Å². The third-order valence-corrected chi connectivity index (χ3v) is 16.0. The normalized spacial score (nSPS) is 14.5. The van der Waals surface area contributed by atoms with Crippen LogP contribution in [0.5, 0.6) is 0 Å². The molecule has 0 saturated carbocycles. The monoisotopic (exact) mass is 834 g/mol. The maximum absolute atomic E-state index is 2.63. The second-order valence-corrected chi connectivity index (χ2v) is 19.3. The van der Waals surface area contributed by atoms with Crippen LogP contribution < -0.4 is 0 Å². The van der Waals surface area contributed by atoms with Crippen molar-refractivity contribution < 1.29 is 0 Å². The van der Waals surface area contributed by atoms with Gasteiger partial charge in [0.25, 0.3) is 0 Å². The van der Waals surface area contributed by atoms with E-state index in [-0.39, 0.29) is 5.41 Å². The fraction of sp³-hybridized carbons (Fsp3) is 0.0606. The molecule has 0 fully saturated rings. The zero-order valence-electron chi connectivity index (χ0n) is 36.8. The molecular formula is C66H42. The summed E-state index contributed by atoms with van der Waals surface area (Å²) in [7, 11) is 0. The zero-order chi connectivity index (χ0) is 43.5. The van der Waals surface area contributed by atoms with E-state index in [2.05, 4.69) is 232 Å². The van der Waals surface area contributed by atoms with Crippen LogP contribution in [0.25, 0.3) is 109 Å². The summed E-state index contributed by atoms with van der Waals surface area (Å²) in [6.45, 7) is 4.81. The highest BCUT2D eigenvalue weighted by Gasteiger charge is 2.53. The van der Waals surface area contributed by atoms with Gasteiger partial charge in [0.05, 0.1) is 5.41 Å². The Hall–Kier alpha value is -8.06. The highest BCUT2D eigenvalue weighted by atomic mass is 14.5. The summed E-state index contributed by atoms with van der Waals surface area (Å²) in [4.78, 5) is 0. The van der Waals surface area contributed by atoms with Crippen LogP contribution in [0.1, 0.15) is 47.2 Å². The van der Waals surface area contributed by atoms with Gasteiger partial charge in [-0.1, -0.05) is 220 Å². The van der Waals surface area contributed by atoms with E-state index < -0.39 is 5.41 Å². The van der Waals surface area contributed by atoms with Gasteiger partial charge in [0, 0.05) is 5.41 Å². The maximum Gasteiger partial charge on any atom is 0.0731 e. The highest BCUT2D eigenvalue weighted by molar-refractivity contribution is 6.27. The third-order valence-electron chi connectivity index (χ3n) is 16.0. The van der Waals surface area contributed by atoms with Crippen molar-refractivity contribution in [2.75, 3.05) is 0 Å². The van der Waals surface area contributed by atoms with Gasteiger partial charge < -0.3 is 0 Å². The lowest BCUT2D eigenvalue weighted by Gasteiger charge is -2.32. The minimum atomic E-state index is -0.517. The topological polar surface area (TPSA) is 0 Å². The molecule has 0 radical (unpaired) electrons. The van der Waals surface area contributed by atoms with Crippen molar-refractivity contribution in [3.63, 3.8) is 0 Å². The number of fused-ring (bicyclic) bond motifs is 21. The zero-order valence-corrected chi connectivity index (χ0v) is 36.8. The summed E-state index contributed by atoms with van der Waals surface area (Å²) in [5.41, 5.74) is 20.8. The molecule has 0 heterocycles. The summed E-state index contributed by atoms with van der Waals surface area (Å²) in [6.07, 6.45) is 0. The van der Waals surface area contributed by atoms with Crippen LogP contribution >= 0.6 is 0 Å². The van der Waals surface area contributed by atoms with E-state index in [1.807, 2.05) is 0 Å². The van der Waals surface area contributed by atoms with Gasteiger partial charge in [-0.2, -0.15) is 0 Å².